The van der Waals surface area contributed by atoms with Gasteiger partial charge in [0.2, 0.25) is 0 Å². The Morgan fingerprint density at radius 3 is 0.286 bits per heavy atom. The molecule has 21 nitrogen and oxygen atoms in total. The molecule has 0 rings (SSSR count). The van der Waals surface area contributed by atoms with Gasteiger partial charge in [0.1, 0.15) is 0 Å². The summed E-state index contributed by atoms with van der Waals surface area (Å²) >= 11 is -6.68. The van der Waals surface area contributed by atoms with Crippen molar-refractivity contribution in [1.29, 1.82) is 0 Å². The van der Waals surface area contributed by atoms with E-state index >= 15 is 0 Å². The molecule has 0 aliphatic heterocycles. The first-order valence-electron chi connectivity index (χ1n) is 1.45. The maximum absolute atomic E-state index is 6.68. The summed E-state index contributed by atoms with van der Waals surface area (Å²) in [4.78, 5) is 0. The van der Waals surface area contributed by atoms with Crippen LogP contribution in [0.2, 0.25) is 0 Å². The summed E-state index contributed by atoms with van der Waals surface area (Å²) < 4.78 is 37.0. The van der Waals surface area contributed by atoms with E-state index in [1.165, 1.54) is 0 Å². The van der Waals surface area contributed by atoms with Crippen LogP contribution in [0, 0.1) is 0 Å². The molecule has 0 amide bonds. The van der Waals surface area contributed by atoms with Gasteiger partial charge >= 0.3 is 38.7 Å². The van der Waals surface area contributed by atoms with E-state index in [4.69, 9.17) is 31.3 Å². The van der Waals surface area contributed by atoms with E-state index in [1.54, 1.807) is 0 Å². The Morgan fingerprint density at radius 2 is 0.286 bits per heavy atom. The summed E-state index contributed by atoms with van der Waals surface area (Å²) in [5, 5.41) is 11.0. The number of hydrogen-bond donors (Lipinski definition) is 1. The molecular formula is H41O21TeW6+7. The molecule has 0 aliphatic rings. The Bertz CT molecular complexity index is 85.5. The van der Waals surface area contributed by atoms with Crippen LogP contribution in [0.4, 0.5) is 0 Å². The molecule has 0 atom stereocenters. The minimum Gasteiger partial charge on any atom is 0 e. The zero-order valence-corrected chi connectivity index (χ0v) is 33.2. The van der Waals surface area contributed by atoms with Gasteiger partial charge < -0.3 is 71.2 Å². The first kappa shape index (κ1) is 252. The summed E-state index contributed by atoms with van der Waals surface area (Å²) in [5.41, 5.74) is 0. The Morgan fingerprint density at radius 1 is 0.286 bits per heavy atom. The predicted molar refractivity (Wildman–Crippen MR) is 80.7 cm³/mol. The van der Waals surface area contributed by atoms with Crippen LogP contribution in [0.15, 0.2) is 0 Å². The molecular weight excluding hydrogens is 1570 g/mol. The molecule has 0 saturated carbocycles. The van der Waals surface area contributed by atoms with Crippen LogP contribution in [-0.4, -0.2) is 120 Å². The first-order valence-corrected chi connectivity index (χ1v) is 8.44. The van der Waals surface area contributed by atoms with Crippen LogP contribution < -0.4 is 0 Å². The van der Waals surface area contributed by atoms with E-state index in [9.17, 15) is 0 Å². The quantitative estimate of drug-likeness (QED) is 0.105. The first-order chi connectivity index (χ1) is 3.45. The van der Waals surface area contributed by atoms with Crippen LogP contribution in [0.5, 0.6) is 0 Å². The van der Waals surface area contributed by atoms with E-state index in [1.807, 2.05) is 0 Å². The summed E-state index contributed by atoms with van der Waals surface area (Å²) in [5.74, 6) is 0. The molecule has 28 heavy (non-hydrogen) atoms. The molecule has 0 fully saturated rings. The fourth-order valence-electron chi connectivity index (χ4n) is 0. The number of hydrogen-bond acceptors (Lipinski definition) is 1. The third-order valence-corrected chi connectivity index (χ3v) is 0. The molecule has 0 heterocycles. The van der Waals surface area contributed by atoms with Crippen molar-refractivity contribution in [2.75, 3.05) is 0 Å². The zero-order chi connectivity index (χ0) is 8.41. The SMILES string of the molecule is O.O.O.O.O.O.O.O.O.O.O.O.O.O[OH2+].[OH2+][Te]([OH2+])([OH2+])([OH2+])([OH2+])[OH2+].[W].[W].[W].[W].[W].[W]. The van der Waals surface area contributed by atoms with Gasteiger partial charge in [-0.15, -0.1) is 5.26 Å². The standard InChI is InChI=1S/H6O6Te.H2O2.13H2O.6W/c1-7(2,3,4,5)6;1-2;;;;;;;;;;;;;;;;;;;/h1-6H;1-2H;13*1H2;;;;;;/p+7. The molecule has 0 aromatic heterocycles. The van der Waals surface area contributed by atoms with Gasteiger partial charge in [0.25, 0.3) is 0 Å². The minimum atomic E-state index is -6.68. The van der Waals surface area contributed by atoms with Gasteiger partial charge in [-0.1, -0.05) is 0 Å². The van der Waals surface area contributed by atoms with Gasteiger partial charge in [0.05, 0.1) is 0 Å². The molecule has 0 spiro atoms. The van der Waals surface area contributed by atoms with E-state index in [0.29, 0.717) is 0 Å². The van der Waals surface area contributed by atoms with Gasteiger partial charge in [-0.3, -0.25) is 5.26 Å². The van der Waals surface area contributed by atoms with Gasteiger partial charge in [-0.05, 0) is 0 Å². The summed E-state index contributed by atoms with van der Waals surface area (Å²) in [6, 6.07) is 0. The van der Waals surface area contributed by atoms with Crippen LogP contribution in [0.3, 0.4) is 0 Å². The van der Waals surface area contributed by atoms with Crippen molar-refractivity contribution in [1.82, 2.24) is 0 Å². The monoisotopic (exact) mass is 1610 g/mol. The molecule has 28 heteroatoms. The smallest absolute Gasteiger partial charge is 0 e. The third-order valence-electron chi connectivity index (χ3n) is 0. The Hall–Kier alpha value is 4.08. The summed E-state index contributed by atoms with van der Waals surface area (Å²) in [6.45, 7) is 0. The topological polar surface area (TPSA) is 590 Å². The average Bonchev–Trinajstić information content (AvgIpc) is 1.30. The minimum absolute atomic E-state index is 0. The van der Waals surface area contributed by atoms with Crippen LogP contribution >= 0.6 is 0 Å². The van der Waals surface area contributed by atoms with Crippen molar-refractivity contribution in [2.24, 2.45) is 0 Å². The van der Waals surface area contributed by atoms with Crippen molar-refractivity contribution in [3.63, 3.8) is 0 Å². The van der Waals surface area contributed by atoms with Gasteiger partial charge in [-0.2, -0.15) is 0 Å². The molecule has 0 bridgehead atoms. The van der Waals surface area contributed by atoms with Crippen molar-refractivity contribution in [2.45, 2.75) is 0 Å². The molecule has 0 saturated heterocycles. The van der Waals surface area contributed by atoms with Gasteiger partial charge in [0, 0.05) is 126 Å². The maximum Gasteiger partial charge on any atom is 0 e. The van der Waals surface area contributed by atoms with Crippen LogP contribution in [-0.2, 0) is 126 Å². The fourth-order valence-corrected chi connectivity index (χ4v) is 0. The Balaban J connectivity index is -0.00000000119. The van der Waals surface area contributed by atoms with Crippen LogP contribution in [0.25, 0.3) is 0 Å². The third kappa shape index (κ3) is 1530. The summed E-state index contributed by atoms with van der Waals surface area (Å²) in [7, 11) is 0. The second-order valence-corrected chi connectivity index (χ2v) is 10.3. The van der Waals surface area contributed by atoms with Crippen molar-refractivity contribution in [3.8, 4) is 0 Å². The number of rotatable bonds is 0. The molecule has 0 aliphatic carbocycles. The zero-order valence-electron chi connectivity index (χ0n) is 13.3. The van der Waals surface area contributed by atoms with Crippen molar-refractivity contribution >= 4 is 17.9 Å². The Kier molecular flexibility index (Phi) is 696. The fraction of sp³-hybridized carbons (Fsp3) is 0. The van der Waals surface area contributed by atoms with Gasteiger partial charge in [-0.25, -0.2) is 0 Å². The van der Waals surface area contributed by atoms with E-state index < -0.39 is 17.9 Å². The van der Waals surface area contributed by atoms with Crippen molar-refractivity contribution < 1.29 is 229 Å². The second kappa shape index (κ2) is 77.2. The van der Waals surface area contributed by atoms with E-state index in [-0.39, 0.29) is 198 Å². The maximum atomic E-state index is 6.25. The summed E-state index contributed by atoms with van der Waals surface area (Å²) in [6.07, 6.45) is 0. The normalized spacial score (nSPS) is 6.00. The molecule has 41 N–H and O–H groups in total. The van der Waals surface area contributed by atoms with Crippen molar-refractivity contribution in [3.05, 3.63) is 0 Å². The average molecular weight is 1610 g/mol. The van der Waals surface area contributed by atoms with E-state index in [2.05, 4.69) is 0 Å². The van der Waals surface area contributed by atoms with E-state index in [0.717, 1.165) is 0 Å². The van der Waals surface area contributed by atoms with Crippen LogP contribution in [0.1, 0.15) is 0 Å². The molecule has 202 valence electrons. The molecule has 0 aromatic rings. The Labute approximate surface area is 243 Å². The largest absolute Gasteiger partial charge is 0 e. The molecule has 0 unspecified atom stereocenters. The predicted octanol–water partition coefficient (Wildman–Crippen LogP) is -16.9. The van der Waals surface area contributed by atoms with Gasteiger partial charge in [0.15, 0.2) is 0 Å². The molecule has 0 radical (unpaired) electrons. The second-order valence-electron chi connectivity index (χ2n) is 1.53. The molecule has 0 aromatic carbocycles.